The van der Waals surface area contributed by atoms with Crippen LogP contribution in [0.1, 0.15) is 0 Å². The van der Waals surface area contributed by atoms with Crippen LogP contribution in [-0.4, -0.2) is 38.2 Å². The summed E-state index contributed by atoms with van der Waals surface area (Å²) in [5.41, 5.74) is 1.22. The molecule has 0 aliphatic carbocycles. The van der Waals surface area contributed by atoms with Gasteiger partial charge in [0.15, 0.2) is 6.20 Å². The van der Waals surface area contributed by atoms with Crippen LogP contribution in [0.25, 0.3) is 0 Å². The minimum atomic E-state index is -0.402. The van der Waals surface area contributed by atoms with Crippen molar-refractivity contribution in [3.8, 4) is 5.75 Å². The van der Waals surface area contributed by atoms with Gasteiger partial charge in [0.25, 0.3) is 5.82 Å². The first kappa shape index (κ1) is 15.1. The second-order valence-corrected chi connectivity index (χ2v) is 5.36. The lowest BCUT2D eigenvalue weighted by molar-refractivity contribution is -0.414. The summed E-state index contributed by atoms with van der Waals surface area (Å²) in [4.78, 5) is 17.8. The van der Waals surface area contributed by atoms with E-state index in [0.29, 0.717) is 0 Å². The zero-order valence-electron chi connectivity index (χ0n) is 12.9. The molecule has 1 aromatic carbocycles. The third-order valence-corrected chi connectivity index (χ3v) is 4.03. The van der Waals surface area contributed by atoms with Crippen molar-refractivity contribution in [3.63, 3.8) is 0 Å². The van der Waals surface area contributed by atoms with Crippen LogP contribution in [0.4, 0.5) is 17.2 Å². The zero-order valence-corrected chi connectivity index (χ0v) is 12.9. The number of hydrogen-bond donors (Lipinski definition) is 0. The Labute approximate surface area is 134 Å². The molecule has 7 heteroatoms. The van der Waals surface area contributed by atoms with E-state index in [4.69, 9.17) is 4.74 Å². The molecular weight excluding hydrogens is 296 g/mol. The van der Waals surface area contributed by atoms with Crippen LogP contribution in [-0.2, 0) is 0 Å². The highest BCUT2D eigenvalue weighted by atomic mass is 16.6. The summed E-state index contributed by atoms with van der Waals surface area (Å²) >= 11 is 0. The Hall–Kier alpha value is -2.83. The first-order valence-corrected chi connectivity index (χ1v) is 7.47. The smallest absolute Gasteiger partial charge is 0.308 e. The van der Waals surface area contributed by atoms with Gasteiger partial charge in [-0.25, -0.2) is 4.98 Å². The number of nitrogens with one attached hydrogen (secondary N) is 1. The van der Waals surface area contributed by atoms with Crippen LogP contribution in [0.2, 0.25) is 0 Å². The van der Waals surface area contributed by atoms with E-state index in [0.717, 1.165) is 43.4 Å². The van der Waals surface area contributed by atoms with Gasteiger partial charge in [0, 0.05) is 23.9 Å². The van der Waals surface area contributed by atoms with E-state index < -0.39 is 4.92 Å². The van der Waals surface area contributed by atoms with E-state index in [1.165, 1.54) is 12.3 Å². The number of hydrogen-bond acceptors (Lipinski definition) is 5. The maximum atomic E-state index is 10.7. The Morgan fingerprint density at radius 1 is 1.13 bits per heavy atom. The van der Waals surface area contributed by atoms with Crippen molar-refractivity contribution in [1.82, 2.24) is 0 Å². The van der Waals surface area contributed by atoms with Crippen molar-refractivity contribution in [2.24, 2.45) is 0 Å². The normalized spacial score (nSPS) is 14.7. The van der Waals surface area contributed by atoms with Gasteiger partial charge in [-0.2, -0.15) is 0 Å². The molecule has 3 rings (SSSR count). The number of H-pyrrole nitrogens is 1. The van der Waals surface area contributed by atoms with Gasteiger partial charge in [-0.15, -0.1) is 0 Å². The molecule has 0 unspecified atom stereocenters. The molecule has 0 spiro atoms. The molecule has 2 heterocycles. The largest absolute Gasteiger partial charge is 0.497 e. The topological polar surface area (TPSA) is 73.0 Å². The maximum absolute atomic E-state index is 10.7. The second kappa shape index (κ2) is 6.51. The van der Waals surface area contributed by atoms with E-state index in [9.17, 15) is 10.1 Å². The Balaban J connectivity index is 1.64. The number of nitro groups is 1. The van der Waals surface area contributed by atoms with E-state index in [1.54, 1.807) is 13.2 Å². The van der Waals surface area contributed by atoms with E-state index in [2.05, 4.69) is 20.9 Å². The molecule has 7 nitrogen and oxygen atoms in total. The lowest BCUT2D eigenvalue weighted by atomic mass is 10.2. The zero-order chi connectivity index (χ0) is 16.2. The summed E-state index contributed by atoms with van der Waals surface area (Å²) in [6.45, 7) is 3.48. The first-order chi connectivity index (χ1) is 11.2. The molecule has 0 radical (unpaired) electrons. The molecular formula is C16H19N4O3+. The summed E-state index contributed by atoms with van der Waals surface area (Å²) in [5.74, 6) is 1.76. The quantitative estimate of drug-likeness (QED) is 0.635. The number of anilines is 2. The summed E-state index contributed by atoms with van der Waals surface area (Å²) in [5, 5.41) is 10.7. The standard InChI is InChI=1S/C16H18N4O3/c1-23-15-4-2-3-13(11-15)18-7-9-19(10-8-18)16-6-5-14(12-17-16)20(21)22/h2-6,11-12H,7-10H2,1H3/p+1. The molecule has 1 aliphatic heterocycles. The van der Waals surface area contributed by atoms with Crippen LogP contribution in [0.3, 0.4) is 0 Å². The Kier molecular flexibility index (Phi) is 4.27. The van der Waals surface area contributed by atoms with Gasteiger partial charge < -0.3 is 9.64 Å². The Morgan fingerprint density at radius 2 is 1.87 bits per heavy atom. The highest BCUT2D eigenvalue weighted by molar-refractivity contribution is 5.52. The van der Waals surface area contributed by atoms with E-state index >= 15 is 0 Å². The molecule has 0 atom stereocenters. The summed E-state index contributed by atoms with van der Waals surface area (Å²) in [6.07, 6.45) is 1.43. The molecule has 0 saturated carbocycles. The SMILES string of the molecule is COc1cccc(N2CCN(c3ccc([N+](=O)[O-])c[nH+]3)CC2)c1. The average Bonchev–Trinajstić information content (AvgIpc) is 2.62. The number of aromatic nitrogens is 1. The lowest BCUT2D eigenvalue weighted by Gasteiger charge is -2.32. The van der Waals surface area contributed by atoms with Gasteiger partial charge >= 0.3 is 5.69 Å². The average molecular weight is 315 g/mol. The van der Waals surface area contributed by atoms with Crippen molar-refractivity contribution in [2.75, 3.05) is 43.1 Å². The molecule has 0 bridgehead atoms. The van der Waals surface area contributed by atoms with Crippen LogP contribution in [0.15, 0.2) is 42.6 Å². The molecule has 0 amide bonds. The number of aromatic amines is 1. The number of benzene rings is 1. The number of rotatable bonds is 4. The predicted molar refractivity (Wildman–Crippen MR) is 87.1 cm³/mol. The number of pyridine rings is 1. The number of piperazine rings is 1. The van der Waals surface area contributed by atoms with Crippen molar-refractivity contribution < 1.29 is 14.6 Å². The molecule has 120 valence electrons. The lowest BCUT2D eigenvalue weighted by Crippen LogP contribution is -2.48. The van der Waals surface area contributed by atoms with Crippen LogP contribution in [0.5, 0.6) is 5.75 Å². The minimum Gasteiger partial charge on any atom is -0.497 e. The Morgan fingerprint density at radius 3 is 2.48 bits per heavy atom. The summed E-state index contributed by atoms with van der Waals surface area (Å²) in [7, 11) is 1.67. The molecule has 23 heavy (non-hydrogen) atoms. The van der Waals surface area contributed by atoms with Crippen LogP contribution in [0, 0.1) is 10.1 Å². The molecule has 1 fully saturated rings. The molecule has 1 aromatic heterocycles. The van der Waals surface area contributed by atoms with Gasteiger partial charge in [-0.3, -0.25) is 15.0 Å². The van der Waals surface area contributed by atoms with Crippen molar-refractivity contribution in [2.45, 2.75) is 0 Å². The number of nitrogens with zero attached hydrogens (tertiary/aromatic N) is 3. The van der Waals surface area contributed by atoms with Crippen molar-refractivity contribution in [3.05, 3.63) is 52.7 Å². The second-order valence-electron chi connectivity index (χ2n) is 5.36. The fourth-order valence-corrected chi connectivity index (χ4v) is 2.73. The molecule has 1 aliphatic rings. The van der Waals surface area contributed by atoms with Crippen molar-refractivity contribution in [1.29, 1.82) is 0 Å². The third-order valence-electron chi connectivity index (χ3n) is 4.03. The monoisotopic (exact) mass is 315 g/mol. The number of methoxy groups -OCH3 is 1. The highest BCUT2D eigenvalue weighted by Gasteiger charge is 2.24. The number of ether oxygens (including phenoxy) is 1. The fourth-order valence-electron chi connectivity index (χ4n) is 2.73. The summed E-state index contributed by atoms with van der Waals surface area (Å²) < 4.78 is 5.27. The first-order valence-electron chi connectivity index (χ1n) is 7.47. The maximum Gasteiger partial charge on any atom is 0.308 e. The molecule has 1 saturated heterocycles. The van der Waals surface area contributed by atoms with E-state index in [-0.39, 0.29) is 5.69 Å². The minimum absolute atomic E-state index is 0.0729. The molecule has 1 N–H and O–H groups in total. The van der Waals surface area contributed by atoms with Crippen LogP contribution >= 0.6 is 0 Å². The highest BCUT2D eigenvalue weighted by Crippen LogP contribution is 2.23. The van der Waals surface area contributed by atoms with Gasteiger partial charge in [-0.05, 0) is 12.1 Å². The van der Waals surface area contributed by atoms with Crippen LogP contribution < -0.4 is 19.5 Å². The third kappa shape index (κ3) is 3.33. The summed E-state index contributed by atoms with van der Waals surface area (Å²) in [6, 6.07) is 11.3. The van der Waals surface area contributed by atoms with Gasteiger partial charge in [0.1, 0.15) is 18.8 Å². The Bertz CT molecular complexity index is 682. The van der Waals surface area contributed by atoms with Gasteiger partial charge in [0.05, 0.1) is 25.1 Å². The van der Waals surface area contributed by atoms with Crippen molar-refractivity contribution >= 4 is 17.2 Å². The van der Waals surface area contributed by atoms with Gasteiger partial charge in [0.2, 0.25) is 0 Å². The molecule has 2 aromatic rings. The fraction of sp³-hybridized carbons (Fsp3) is 0.312. The van der Waals surface area contributed by atoms with Gasteiger partial charge in [-0.1, -0.05) is 6.07 Å². The van der Waals surface area contributed by atoms with E-state index in [1.807, 2.05) is 18.2 Å². The predicted octanol–water partition coefficient (Wildman–Crippen LogP) is 1.74.